The summed E-state index contributed by atoms with van der Waals surface area (Å²) >= 11 is 1.91. The first-order chi connectivity index (χ1) is 9.10. The zero-order chi connectivity index (χ0) is 13.8. The smallest absolute Gasteiger partial charge is 0.335 e. The molecule has 4 N–H and O–H groups in total. The Morgan fingerprint density at radius 3 is 2.95 bits per heavy atom. The molecule has 1 aliphatic carbocycles. The monoisotopic (exact) mass is 280 g/mol. The number of hydrogen-bond acceptors (Lipinski definition) is 4. The molecule has 1 aromatic rings. The number of thioether (sulfide) groups is 1. The molecule has 0 saturated heterocycles. The average Bonchev–Trinajstić information content (AvgIpc) is 2.41. The number of carboxylic acid groups (broad SMARTS) is 1. The molecule has 1 saturated carbocycles. The molecule has 0 bridgehead atoms. The van der Waals surface area contributed by atoms with Crippen LogP contribution >= 0.6 is 11.8 Å². The van der Waals surface area contributed by atoms with Gasteiger partial charge >= 0.3 is 5.97 Å². The van der Waals surface area contributed by atoms with Crippen LogP contribution < -0.4 is 11.1 Å². The van der Waals surface area contributed by atoms with Gasteiger partial charge in [0.25, 0.3) is 0 Å². The Hall–Kier alpha value is -1.36. The van der Waals surface area contributed by atoms with Crippen molar-refractivity contribution in [2.75, 3.05) is 17.3 Å². The first-order valence-electron chi connectivity index (χ1n) is 6.52. The number of rotatable bonds is 4. The lowest BCUT2D eigenvalue weighted by atomic mass is 9.94. The summed E-state index contributed by atoms with van der Waals surface area (Å²) in [5.74, 6) is -0.923. The molecule has 0 amide bonds. The van der Waals surface area contributed by atoms with Crippen molar-refractivity contribution < 1.29 is 9.90 Å². The highest BCUT2D eigenvalue weighted by Gasteiger charge is 2.21. The number of nitrogens with two attached hydrogens (primary N) is 1. The molecule has 2 atom stereocenters. The van der Waals surface area contributed by atoms with Gasteiger partial charge in [-0.2, -0.15) is 11.8 Å². The van der Waals surface area contributed by atoms with Gasteiger partial charge in [-0.15, -0.1) is 0 Å². The van der Waals surface area contributed by atoms with Crippen LogP contribution in [0.5, 0.6) is 0 Å². The summed E-state index contributed by atoms with van der Waals surface area (Å²) in [5.41, 5.74) is 7.54. The third kappa shape index (κ3) is 3.56. The van der Waals surface area contributed by atoms with Gasteiger partial charge in [0.2, 0.25) is 0 Å². The lowest BCUT2D eigenvalue weighted by Gasteiger charge is -2.29. The zero-order valence-corrected chi connectivity index (χ0v) is 11.9. The number of anilines is 2. The molecule has 0 aromatic heterocycles. The Labute approximate surface area is 117 Å². The maximum absolute atomic E-state index is 11.0. The van der Waals surface area contributed by atoms with Crippen LogP contribution in [0.1, 0.15) is 36.0 Å². The molecule has 2 unspecified atom stereocenters. The fraction of sp³-hybridized carbons (Fsp3) is 0.500. The summed E-state index contributed by atoms with van der Waals surface area (Å²) in [5, 5.41) is 13.1. The molecule has 1 aliphatic rings. The van der Waals surface area contributed by atoms with Crippen LogP contribution in [0.25, 0.3) is 0 Å². The first kappa shape index (κ1) is 14.1. The van der Waals surface area contributed by atoms with Gasteiger partial charge in [0.1, 0.15) is 0 Å². The Morgan fingerprint density at radius 1 is 1.47 bits per heavy atom. The van der Waals surface area contributed by atoms with Gasteiger partial charge in [0.05, 0.1) is 16.9 Å². The number of carbonyl (C=O) groups is 1. The molecule has 1 aromatic carbocycles. The van der Waals surface area contributed by atoms with Crippen molar-refractivity contribution in [1.29, 1.82) is 0 Å². The lowest BCUT2D eigenvalue weighted by molar-refractivity contribution is 0.0697. The van der Waals surface area contributed by atoms with E-state index in [2.05, 4.69) is 11.6 Å². The molecule has 1 fully saturated rings. The Kier molecular flexibility index (Phi) is 4.58. The van der Waals surface area contributed by atoms with Crippen LogP contribution in [0.4, 0.5) is 11.4 Å². The van der Waals surface area contributed by atoms with E-state index in [0.29, 0.717) is 17.0 Å². The molecule has 5 heteroatoms. The topological polar surface area (TPSA) is 75.3 Å². The molecule has 104 valence electrons. The normalized spacial score (nSPS) is 23.0. The fourth-order valence-electron chi connectivity index (χ4n) is 2.52. The minimum Gasteiger partial charge on any atom is -0.478 e. The maximum Gasteiger partial charge on any atom is 0.335 e. The predicted molar refractivity (Wildman–Crippen MR) is 81.0 cm³/mol. The van der Waals surface area contributed by atoms with E-state index in [4.69, 9.17) is 10.8 Å². The second kappa shape index (κ2) is 6.19. The van der Waals surface area contributed by atoms with Gasteiger partial charge in [-0.25, -0.2) is 4.79 Å². The van der Waals surface area contributed by atoms with Gasteiger partial charge < -0.3 is 16.2 Å². The average molecular weight is 280 g/mol. The van der Waals surface area contributed by atoms with E-state index < -0.39 is 5.97 Å². The van der Waals surface area contributed by atoms with Crippen molar-refractivity contribution in [3.63, 3.8) is 0 Å². The van der Waals surface area contributed by atoms with E-state index in [1.165, 1.54) is 18.9 Å². The Balaban J connectivity index is 2.09. The van der Waals surface area contributed by atoms with Gasteiger partial charge in [-0.3, -0.25) is 0 Å². The molecule has 19 heavy (non-hydrogen) atoms. The summed E-state index contributed by atoms with van der Waals surface area (Å²) < 4.78 is 0. The van der Waals surface area contributed by atoms with E-state index in [9.17, 15) is 4.79 Å². The number of nitrogens with one attached hydrogen (secondary N) is 1. The highest BCUT2D eigenvalue weighted by atomic mass is 32.2. The highest BCUT2D eigenvalue weighted by Crippen LogP contribution is 2.30. The Morgan fingerprint density at radius 2 is 2.26 bits per heavy atom. The number of nitrogen functional groups attached to an aromatic ring is 1. The lowest BCUT2D eigenvalue weighted by Crippen LogP contribution is -2.28. The van der Waals surface area contributed by atoms with Crippen molar-refractivity contribution >= 4 is 29.1 Å². The van der Waals surface area contributed by atoms with Crippen molar-refractivity contribution in [3.8, 4) is 0 Å². The zero-order valence-electron chi connectivity index (χ0n) is 11.1. The quantitative estimate of drug-likeness (QED) is 0.739. The van der Waals surface area contributed by atoms with Gasteiger partial charge in [-0.05, 0) is 43.7 Å². The van der Waals surface area contributed by atoms with Crippen LogP contribution in [-0.2, 0) is 0 Å². The van der Waals surface area contributed by atoms with E-state index in [0.717, 1.165) is 18.5 Å². The SMILES string of the molecule is CSC1CCCC(Nc2cc(C(=O)O)ccc2N)C1. The molecule has 4 nitrogen and oxygen atoms in total. The summed E-state index contributed by atoms with van der Waals surface area (Å²) in [6.45, 7) is 0. The third-order valence-electron chi connectivity index (χ3n) is 3.62. The summed E-state index contributed by atoms with van der Waals surface area (Å²) in [6.07, 6.45) is 6.85. The van der Waals surface area contributed by atoms with Crippen LogP contribution in [0.3, 0.4) is 0 Å². The summed E-state index contributed by atoms with van der Waals surface area (Å²) in [7, 11) is 0. The predicted octanol–water partition coefficient (Wildman–Crippen LogP) is 3.05. The third-order valence-corrected chi connectivity index (χ3v) is 4.71. The number of aromatic carboxylic acids is 1. The largest absolute Gasteiger partial charge is 0.478 e. The molecular formula is C14H20N2O2S. The van der Waals surface area contributed by atoms with E-state index in [1.807, 2.05) is 11.8 Å². The van der Waals surface area contributed by atoms with Gasteiger partial charge in [-0.1, -0.05) is 6.42 Å². The number of benzene rings is 1. The molecule has 0 heterocycles. The molecule has 0 spiro atoms. The van der Waals surface area contributed by atoms with Gasteiger partial charge in [0, 0.05) is 11.3 Å². The highest BCUT2D eigenvalue weighted by molar-refractivity contribution is 7.99. The van der Waals surface area contributed by atoms with E-state index in [-0.39, 0.29) is 5.56 Å². The van der Waals surface area contributed by atoms with Crippen LogP contribution in [0.15, 0.2) is 18.2 Å². The molecule has 2 rings (SSSR count). The minimum atomic E-state index is -0.923. The first-order valence-corrected chi connectivity index (χ1v) is 7.81. The second-order valence-electron chi connectivity index (χ2n) is 4.97. The van der Waals surface area contributed by atoms with E-state index >= 15 is 0 Å². The number of carboxylic acids is 1. The van der Waals surface area contributed by atoms with Crippen LogP contribution in [0, 0.1) is 0 Å². The van der Waals surface area contributed by atoms with Crippen molar-refractivity contribution in [3.05, 3.63) is 23.8 Å². The second-order valence-corrected chi connectivity index (χ2v) is 6.11. The standard InChI is InChI=1S/C14H20N2O2S/c1-19-11-4-2-3-10(8-11)16-13-7-9(14(17)18)5-6-12(13)15/h5-7,10-11,16H,2-4,8,15H2,1H3,(H,17,18). The van der Waals surface area contributed by atoms with Crippen molar-refractivity contribution in [2.24, 2.45) is 0 Å². The van der Waals surface area contributed by atoms with Crippen molar-refractivity contribution in [1.82, 2.24) is 0 Å². The molecule has 0 radical (unpaired) electrons. The molecular weight excluding hydrogens is 260 g/mol. The summed E-state index contributed by atoms with van der Waals surface area (Å²) in [4.78, 5) is 11.0. The minimum absolute atomic E-state index is 0.272. The number of hydrogen-bond donors (Lipinski definition) is 3. The van der Waals surface area contributed by atoms with Crippen LogP contribution in [-0.4, -0.2) is 28.6 Å². The fourth-order valence-corrected chi connectivity index (χ4v) is 3.35. The van der Waals surface area contributed by atoms with E-state index in [1.54, 1.807) is 12.1 Å². The van der Waals surface area contributed by atoms with Gasteiger partial charge in [0.15, 0.2) is 0 Å². The Bertz CT molecular complexity index is 465. The maximum atomic E-state index is 11.0. The summed E-state index contributed by atoms with van der Waals surface area (Å²) in [6, 6.07) is 5.20. The van der Waals surface area contributed by atoms with Crippen LogP contribution in [0.2, 0.25) is 0 Å². The van der Waals surface area contributed by atoms with Crippen molar-refractivity contribution in [2.45, 2.75) is 37.0 Å². The molecule has 0 aliphatic heterocycles.